The topological polar surface area (TPSA) is 68.5 Å². The van der Waals surface area contributed by atoms with Gasteiger partial charge in [0.1, 0.15) is 11.1 Å². The fourth-order valence-corrected chi connectivity index (χ4v) is 3.88. The molecule has 1 aromatic rings. The zero-order chi connectivity index (χ0) is 13.9. The average Bonchev–Trinajstić information content (AvgIpc) is 3.17. The lowest BCUT2D eigenvalue weighted by Crippen LogP contribution is -2.44. The van der Waals surface area contributed by atoms with E-state index in [1.54, 1.807) is 11.3 Å². The summed E-state index contributed by atoms with van der Waals surface area (Å²) < 4.78 is 5.76. The first-order valence-electron chi connectivity index (χ1n) is 7.35. The zero-order valence-corrected chi connectivity index (χ0v) is 14.8. The predicted molar refractivity (Wildman–Crippen MR) is 91.9 cm³/mol. The highest BCUT2D eigenvalue weighted by Crippen LogP contribution is 2.34. The van der Waals surface area contributed by atoms with Gasteiger partial charge in [-0.15, -0.1) is 36.2 Å². The predicted octanol–water partition coefficient (Wildman–Crippen LogP) is 2.55. The molecule has 2 aliphatic rings. The Bertz CT molecular complexity index is 461. The molecule has 0 aliphatic carbocycles. The lowest BCUT2D eigenvalue weighted by molar-refractivity contribution is -0.146. The molecule has 3 atom stereocenters. The van der Waals surface area contributed by atoms with Crippen molar-refractivity contribution < 1.29 is 9.53 Å². The van der Waals surface area contributed by atoms with Gasteiger partial charge in [-0.2, -0.15) is 0 Å². The summed E-state index contributed by atoms with van der Waals surface area (Å²) in [5.74, 6) is 0.126. The second-order valence-corrected chi connectivity index (χ2v) is 6.40. The van der Waals surface area contributed by atoms with Gasteiger partial charge in [0.2, 0.25) is 0 Å². The van der Waals surface area contributed by atoms with E-state index >= 15 is 0 Å². The van der Waals surface area contributed by atoms with Crippen LogP contribution in [0.25, 0.3) is 0 Å². The van der Waals surface area contributed by atoms with Crippen LogP contribution in [-0.4, -0.2) is 41.1 Å². The Kier molecular flexibility index (Phi) is 8.07. The first-order valence-corrected chi connectivity index (χ1v) is 8.23. The van der Waals surface area contributed by atoms with Crippen molar-refractivity contribution in [1.29, 1.82) is 0 Å². The Morgan fingerprint density at radius 3 is 2.82 bits per heavy atom. The minimum atomic E-state index is -0.302. The molecule has 2 fully saturated rings. The minimum Gasteiger partial charge on any atom is -0.364 e. The van der Waals surface area contributed by atoms with Gasteiger partial charge in [0.15, 0.2) is 0 Å². The number of ether oxygens (including phenoxy) is 1. The number of amides is 1. The van der Waals surface area contributed by atoms with E-state index in [0.29, 0.717) is 6.54 Å². The third-order valence-electron chi connectivity index (χ3n) is 4.17. The van der Waals surface area contributed by atoms with Gasteiger partial charge in [-0.05, 0) is 32.1 Å². The van der Waals surface area contributed by atoms with Gasteiger partial charge in [-0.3, -0.25) is 4.79 Å². The van der Waals surface area contributed by atoms with Crippen LogP contribution in [0.15, 0.2) is 11.6 Å². The normalized spacial score (nSPS) is 27.9. The van der Waals surface area contributed by atoms with Crippen LogP contribution in [0.1, 0.15) is 43.2 Å². The molecule has 8 heteroatoms. The summed E-state index contributed by atoms with van der Waals surface area (Å²) in [6.45, 7) is 1.32. The van der Waals surface area contributed by atoms with Gasteiger partial charge >= 0.3 is 0 Å². The molecule has 0 aromatic carbocycles. The van der Waals surface area contributed by atoms with E-state index in [0.717, 1.165) is 43.7 Å². The van der Waals surface area contributed by atoms with E-state index in [1.807, 2.05) is 16.5 Å². The monoisotopic (exact) mass is 367 g/mol. The van der Waals surface area contributed by atoms with E-state index in [-0.39, 0.29) is 49.0 Å². The first kappa shape index (κ1) is 19.6. The van der Waals surface area contributed by atoms with E-state index < -0.39 is 0 Å². The molecule has 1 unspecified atom stereocenters. The number of hydrogen-bond donors (Lipinski definition) is 1. The van der Waals surface area contributed by atoms with Crippen molar-refractivity contribution in [2.24, 2.45) is 5.73 Å². The molecular weight excluding hydrogens is 345 g/mol. The summed E-state index contributed by atoms with van der Waals surface area (Å²) in [4.78, 5) is 19.1. The smallest absolute Gasteiger partial charge is 0.252 e. The second-order valence-electron chi connectivity index (χ2n) is 5.47. The van der Waals surface area contributed by atoms with Gasteiger partial charge in [0, 0.05) is 24.7 Å². The molecule has 1 amide bonds. The van der Waals surface area contributed by atoms with Crippen LogP contribution in [0, 0.1) is 0 Å². The molecule has 0 spiro atoms. The summed E-state index contributed by atoms with van der Waals surface area (Å²) in [5, 5.41) is 3.02. The molecule has 126 valence electrons. The number of piperidine rings is 1. The third kappa shape index (κ3) is 4.11. The number of halogens is 2. The molecule has 2 N–H and O–H groups in total. The number of carbonyl (C=O) groups is 1. The molecule has 1 aromatic heterocycles. The Morgan fingerprint density at radius 1 is 1.36 bits per heavy atom. The second kappa shape index (κ2) is 9.03. The SMILES string of the molecule is Cl.Cl.NC[C@H]1CC[C@@H](C(=O)N2CCCCC2c2nccs2)O1. The van der Waals surface area contributed by atoms with Crippen LogP contribution in [0.3, 0.4) is 0 Å². The van der Waals surface area contributed by atoms with E-state index in [2.05, 4.69) is 4.98 Å². The van der Waals surface area contributed by atoms with Crippen molar-refractivity contribution >= 4 is 42.1 Å². The fraction of sp³-hybridized carbons (Fsp3) is 0.714. The quantitative estimate of drug-likeness (QED) is 0.890. The number of rotatable bonds is 3. The van der Waals surface area contributed by atoms with Crippen LogP contribution in [0.2, 0.25) is 0 Å². The average molecular weight is 368 g/mol. The number of nitrogens with two attached hydrogens (primary N) is 1. The maximum absolute atomic E-state index is 12.7. The highest BCUT2D eigenvalue weighted by molar-refractivity contribution is 7.09. The Balaban J connectivity index is 0.00000121. The van der Waals surface area contributed by atoms with Crippen molar-refractivity contribution in [2.75, 3.05) is 13.1 Å². The summed E-state index contributed by atoms with van der Waals surface area (Å²) in [5.41, 5.74) is 5.62. The lowest BCUT2D eigenvalue weighted by atomic mass is 10.0. The van der Waals surface area contributed by atoms with E-state index in [1.165, 1.54) is 0 Å². The summed E-state index contributed by atoms with van der Waals surface area (Å²) >= 11 is 1.63. The van der Waals surface area contributed by atoms with Crippen molar-refractivity contribution in [3.05, 3.63) is 16.6 Å². The van der Waals surface area contributed by atoms with Gasteiger partial charge in [0.05, 0.1) is 12.1 Å². The van der Waals surface area contributed by atoms with Crippen molar-refractivity contribution in [1.82, 2.24) is 9.88 Å². The highest BCUT2D eigenvalue weighted by atomic mass is 35.5. The number of aromatic nitrogens is 1. The summed E-state index contributed by atoms with van der Waals surface area (Å²) in [6.07, 6.45) is 6.48. The molecule has 5 nitrogen and oxygen atoms in total. The van der Waals surface area contributed by atoms with Gasteiger partial charge in [-0.1, -0.05) is 0 Å². The third-order valence-corrected chi connectivity index (χ3v) is 5.05. The Morgan fingerprint density at radius 2 is 2.18 bits per heavy atom. The molecule has 2 saturated heterocycles. The van der Waals surface area contributed by atoms with Crippen LogP contribution < -0.4 is 5.73 Å². The number of hydrogen-bond acceptors (Lipinski definition) is 5. The maximum atomic E-state index is 12.7. The van der Waals surface area contributed by atoms with Crippen LogP contribution in [0.5, 0.6) is 0 Å². The van der Waals surface area contributed by atoms with Crippen LogP contribution in [0.4, 0.5) is 0 Å². The molecule has 3 rings (SSSR count). The van der Waals surface area contributed by atoms with Crippen molar-refractivity contribution in [2.45, 2.75) is 50.4 Å². The number of carbonyl (C=O) groups excluding carboxylic acids is 1. The molecule has 2 aliphatic heterocycles. The van der Waals surface area contributed by atoms with Crippen molar-refractivity contribution in [3.8, 4) is 0 Å². The maximum Gasteiger partial charge on any atom is 0.252 e. The first-order chi connectivity index (χ1) is 9.79. The summed E-state index contributed by atoms with van der Waals surface area (Å²) in [7, 11) is 0. The number of likely N-dealkylation sites (tertiary alicyclic amines) is 1. The lowest BCUT2D eigenvalue weighted by Gasteiger charge is -2.36. The molecule has 0 radical (unpaired) electrons. The number of nitrogens with zero attached hydrogens (tertiary/aromatic N) is 2. The fourth-order valence-electron chi connectivity index (χ4n) is 3.10. The van der Waals surface area contributed by atoms with E-state index in [9.17, 15) is 4.79 Å². The molecule has 0 saturated carbocycles. The van der Waals surface area contributed by atoms with Gasteiger partial charge in [-0.25, -0.2) is 4.98 Å². The molecular formula is C14H23Cl2N3O2S. The largest absolute Gasteiger partial charge is 0.364 e. The van der Waals surface area contributed by atoms with E-state index in [4.69, 9.17) is 10.5 Å². The Labute approximate surface area is 147 Å². The molecule has 0 bridgehead atoms. The minimum absolute atomic E-state index is 0. The highest BCUT2D eigenvalue weighted by Gasteiger charge is 2.37. The Hall–Kier alpha value is -0.400. The molecule has 22 heavy (non-hydrogen) atoms. The van der Waals surface area contributed by atoms with Gasteiger partial charge in [0.25, 0.3) is 5.91 Å². The van der Waals surface area contributed by atoms with Crippen molar-refractivity contribution in [3.63, 3.8) is 0 Å². The standard InChI is InChI=1S/C14H21N3O2S.2ClH/c15-9-10-4-5-12(19-10)14(18)17-7-2-1-3-11(17)13-16-6-8-20-13;;/h6,8,10-12H,1-5,7,9,15H2;2*1H/t10-,11?,12+;;/m1../s1. The number of thiazole rings is 1. The zero-order valence-electron chi connectivity index (χ0n) is 12.3. The van der Waals surface area contributed by atoms with Gasteiger partial charge < -0.3 is 15.4 Å². The van der Waals surface area contributed by atoms with Crippen LogP contribution in [-0.2, 0) is 9.53 Å². The summed E-state index contributed by atoms with van der Waals surface area (Å²) in [6, 6.07) is 0.136. The molecule has 3 heterocycles. The van der Waals surface area contributed by atoms with Crippen LogP contribution >= 0.6 is 36.2 Å².